The lowest BCUT2D eigenvalue weighted by Crippen LogP contribution is -2.29. The normalized spacial score (nSPS) is 13.7. The SMILES string of the molecule is CCCCCCCC/C=C/CCCCCCCC(=O)O[C@H](COC(=O)CCCCCCCCC)COP(=O)(O)OCCN. The third-order valence-electron chi connectivity index (χ3n) is 7.15. The zero-order valence-electron chi connectivity index (χ0n) is 27.4. The first-order valence-electron chi connectivity index (χ1n) is 17.2. The predicted molar refractivity (Wildman–Crippen MR) is 174 cm³/mol. The Balaban J connectivity index is 4.24. The van der Waals surface area contributed by atoms with Crippen molar-refractivity contribution < 1.29 is 37.6 Å². The minimum atomic E-state index is -4.36. The number of nitrogens with two attached hydrogens (primary N) is 1. The van der Waals surface area contributed by atoms with E-state index in [-0.39, 0.29) is 32.6 Å². The average molecular weight is 634 g/mol. The van der Waals surface area contributed by atoms with Gasteiger partial charge in [-0.05, 0) is 38.5 Å². The second kappa shape index (κ2) is 30.8. The van der Waals surface area contributed by atoms with Crippen LogP contribution in [-0.2, 0) is 32.7 Å². The summed E-state index contributed by atoms with van der Waals surface area (Å²) in [6, 6.07) is 0. The Kier molecular flexibility index (Phi) is 29.9. The predicted octanol–water partition coefficient (Wildman–Crippen LogP) is 8.71. The van der Waals surface area contributed by atoms with E-state index in [1.165, 1.54) is 70.6 Å². The van der Waals surface area contributed by atoms with Gasteiger partial charge in [-0.15, -0.1) is 0 Å². The van der Waals surface area contributed by atoms with Gasteiger partial charge in [-0.2, -0.15) is 0 Å². The third-order valence-corrected chi connectivity index (χ3v) is 8.14. The molecule has 254 valence electrons. The molecular weight excluding hydrogens is 569 g/mol. The summed E-state index contributed by atoms with van der Waals surface area (Å²) in [5.41, 5.74) is 5.31. The number of hydrogen-bond acceptors (Lipinski definition) is 8. The molecule has 0 aromatic carbocycles. The molecule has 0 aliphatic heterocycles. The number of hydrogen-bond donors (Lipinski definition) is 2. The first kappa shape index (κ1) is 41.8. The van der Waals surface area contributed by atoms with Gasteiger partial charge < -0.3 is 20.1 Å². The number of ether oxygens (including phenoxy) is 2. The molecule has 0 saturated carbocycles. The molecule has 0 rings (SSSR count). The van der Waals surface area contributed by atoms with Crippen LogP contribution in [0, 0.1) is 0 Å². The maximum absolute atomic E-state index is 12.4. The second-order valence-corrected chi connectivity index (χ2v) is 12.8. The fourth-order valence-electron chi connectivity index (χ4n) is 4.57. The molecule has 0 amide bonds. The van der Waals surface area contributed by atoms with Gasteiger partial charge in [-0.3, -0.25) is 18.6 Å². The second-order valence-electron chi connectivity index (χ2n) is 11.4. The van der Waals surface area contributed by atoms with Crippen LogP contribution in [0.1, 0.15) is 155 Å². The molecule has 0 saturated heterocycles. The highest BCUT2D eigenvalue weighted by Crippen LogP contribution is 2.43. The highest BCUT2D eigenvalue weighted by atomic mass is 31.2. The number of rotatable bonds is 32. The number of carbonyl (C=O) groups excluding carboxylic acids is 2. The molecule has 0 bridgehead atoms. The van der Waals surface area contributed by atoms with Crippen LogP contribution in [0.2, 0.25) is 0 Å². The number of allylic oxidation sites excluding steroid dienone is 2. The summed E-state index contributed by atoms with van der Waals surface area (Å²) in [5.74, 6) is -0.844. The maximum Gasteiger partial charge on any atom is 0.472 e. The van der Waals surface area contributed by atoms with Crippen molar-refractivity contribution in [2.75, 3.05) is 26.4 Å². The van der Waals surface area contributed by atoms with Gasteiger partial charge in [0.15, 0.2) is 6.10 Å². The highest BCUT2D eigenvalue weighted by molar-refractivity contribution is 7.47. The topological polar surface area (TPSA) is 134 Å². The van der Waals surface area contributed by atoms with E-state index in [0.29, 0.717) is 6.42 Å². The van der Waals surface area contributed by atoms with Crippen molar-refractivity contribution in [3.8, 4) is 0 Å². The van der Waals surface area contributed by atoms with Crippen LogP contribution in [0.25, 0.3) is 0 Å². The summed E-state index contributed by atoms with van der Waals surface area (Å²) in [5, 5.41) is 0. The van der Waals surface area contributed by atoms with Crippen molar-refractivity contribution in [1.82, 2.24) is 0 Å². The Morgan fingerprint density at radius 3 is 1.65 bits per heavy atom. The molecule has 3 N–H and O–H groups in total. The fraction of sp³-hybridized carbons (Fsp3) is 0.879. The molecule has 0 aromatic rings. The number of carbonyl (C=O) groups is 2. The van der Waals surface area contributed by atoms with Crippen LogP contribution in [0.15, 0.2) is 12.2 Å². The Labute approximate surface area is 262 Å². The van der Waals surface area contributed by atoms with Gasteiger partial charge in [0, 0.05) is 19.4 Å². The van der Waals surface area contributed by atoms with Gasteiger partial charge >= 0.3 is 19.8 Å². The third kappa shape index (κ3) is 30.6. The lowest BCUT2D eigenvalue weighted by atomic mass is 10.1. The zero-order chi connectivity index (χ0) is 31.9. The van der Waals surface area contributed by atoms with Gasteiger partial charge in [0.2, 0.25) is 0 Å². The quantitative estimate of drug-likeness (QED) is 0.0323. The maximum atomic E-state index is 12.4. The van der Waals surface area contributed by atoms with E-state index in [4.69, 9.17) is 24.3 Å². The van der Waals surface area contributed by atoms with Crippen molar-refractivity contribution in [2.45, 2.75) is 161 Å². The van der Waals surface area contributed by atoms with E-state index in [1.807, 2.05) is 0 Å². The zero-order valence-corrected chi connectivity index (χ0v) is 28.3. The number of unbranched alkanes of at least 4 members (excludes halogenated alkanes) is 17. The van der Waals surface area contributed by atoms with Crippen molar-refractivity contribution in [3.63, 3.8) is 0 Å². The largest absolute Gasteiger partial charge is 0.472 e. The van der Waals surface area contributed by atoms with Gasteiger partial charge in [-0.25, -0.2) is 4.57 Å². The Bertz CT molecular complexity index is 734. The van der Waals surface area contributed by atoms with Crippen LogP contribution in [0.4, 0.5) is 0 Å². The van der Waals surface area contributed by atoms with Gasteiger partial charge in [0.25, 0.3) is 0 Å². The van der Waals surface area contributed by atoms with Crippen LogP contribution in [0.5, 0.6) is 0 Å². The fourth-order valence-corrected chi connectivity index (χ4v) is 5.33. The van der Waals surface area contributed by atoms with Gasteiger partial charge in [0.05, 0.1) is 13.2 Å². The molecule has 0 aromatic heterocycles. The first-order valence-corrected chi connectivity index (χ1v) is 18.7. The van der Waals surface area contributed by atoms with Crippen molar-refractivity contribution in [3.05, 3.63) is 12.2 Å². The number of phosphoric ester groups is 1. The number of esters is 2. The highest BCUT2D eigenvalue weighted by Gasteiger charge is 2.25. The van der Waals surface area contributed by atoms with E-state index < -0.39 is 32.5 Å². The molecule has 0 aliphatic carbocycles. The summed E-state index contributed by atoms with van der Waals surface area (Å²) in [4.78, 5) is 34.4. The monoisotopic (exact) mass is 633 g/mol. The lowest BCUT2D eigenvalue weighted by molar-refractivity contribution is -0.161. The van der Waals surface area contributed by atoms with E-state index in [1.54, 1.807) is 0 Å². The summed E-state index contributed by atoms with van der Waals surface area (Å²) < 4.78 is 32.4. The minimum Gasteiger partial charge on any atom is -0.462 e. The molecule has 43 heavy (non-hydrogen) atoms. The van der Waals surface area contributed by atoms with Crippen molar-refractivity contribution in [2.24, 2.45) is 5.73 Å². The van der Waals surface area contributed by atoms with Crippen LogP contribution < -0.4 is 5.73 Å². The van der Waals surface area contributed by atoms with Crippen LogP contribution >= 0.6 is 7.82 Å². The molecule has 1 unspecified atom stereocenters. The summed E-state index contributed by atoms with van der Waals surface area (Å²) in [6.45, 7) is 3.65. The number of phosphoric acid groups is 1. The molecule has 0 heterocycles. The summed E-state index contributed by atoms with van der Waals surface area (Å²) >= 11 is 0. The molecular formula is C33H64NO8P. The molecule has 0 fully saturated rings. The Morgan fingerprint density at radius 1 is 0.674 bits per heavy atom. The van der Waals surface area contributed by atoms with E-state index in [0.717, 1.165) is 51.4 Å². The Hall–Kier alpha value is -1.25. The molecule has 0 aliphatic rings. The van der Waals surface area contributed by atoms with E-state index in [2.05, 4.69) is 26.0 Å². The summed E-state index contributed by atoms with van der Waals surface area (Å²) in [7, 11) is -4.36. The van der Waals surface area contributed by atoms with Crippen LogP contribution in [-0.4, -0.2) is 49.3 Å². The van der Waals surface area contributed by atoms with E-state index >= 15 is 0 Å². The molecule has 0 radical (unpaired) electrons. The smallest absolute Gasteiger partial charge is 0.462 e. The van der Waals surface area contributed by atoms with E-state index in [9.17, 15) is 19.0 Å². The lowest BCUT2D eigenvalue weighted by Gasteiger charge is -2.19. The Morgan fingerprint density at radius 2 is 1.14 bits per heavy atom. The minimum absolute atomic E-state index is 0.0541. The molecule has 0 spiro atoms. The standard InChI is InChI=1S/C33H64NO8P/c1-3-5-7-9-11-12-13-14-15-16-17-18-20-22-24-26-33(36)42-31(30-41-43(37,38)40-28-27-34)29-39-32(35)25-23-21-19-10-8-6-4-2/h14-15,31H,3-13,16-30,34H2,1-2H3,(H,37,38)/b15-14+/t31-/m1/s1. The van der Waals surface area contributed by atoms with Crippen molar-refractivity contribution >= 4 is 19.8 Å². The van der Waals surface area contributed by atoms with Crippen LogP contribution in [0.3, 0.4) is 0 Å². The van der Waals surface area contributed by atoms with Gasteiger partial charge in [0.1, 0.15) is 6.61 Å². The first-order chi connectivity index (χ1) is 20.8. The van der Waals surface area contributed by atoms with Crippen molar-refractivity contribution in [1.29, 1.82) is 0 Å². The average Bonchev–Trinajstić information content (AvgIpc) is 2.99. The summed E-state index contributed by atoms with van der Waals surface area (Å²) in [6.07, 6.45) is 26.9. The van der Waals surface area contributed by atoms with Gasteiger partial charge in [-0.1, -0.05) is 116 Å². The molecule has 2 atom stereocenters. The molecule has 9 nitrogen and oxygen atoms in total. The molecule has 10 heteroatoms.